The summed E-state index contributed by atoms with van der Waals surface area (Å²) in [5, 5.41) is 18.3. The highest BCUT2D eigenvalue weighted by Crippen LogP contribution is 2.19. The largest absolute Gasteiger partial charge is 0.478 e. The van der Waals surface area contributed by atoms with E-state index >= 15 is 0 Å². The van der Waals surface area contributed by atoms with Crippen LogP contribution in [0.1, 0.15) is 29.8 Å². The number of carboxylic acids is 1. The highest BCUT2D eigenvalue weighted by molar-refractivity contribution is 7.89. The van der Waals surface area contributed by atoms with Crippen molar-refractivity contribution in [1.82, 2.24) is 4.72 Å². The minimum absolute atomic E-state index is 0.0893. The summed E-state index contributed by atoms with van der Waals surface area (Å²) in [6.45, 7) is 3.84. The number of aryl methyl sites for hydroxylation is 1. The number of rotatable bonds is 5. The summed E-state index contributed by atoms with van der Waals surface area (Å²) in [4.78, 5) is 10.5. The third-order valence-electron chi connectivity index (χ3n) is 2.46. The van der Waals surface area contributed by atoms with Crippen LogP contribution >= 0.6 is 0 Å². The summed E-state index contributed by atoms with van der Waals surface area (Å²) in [6, 6.07) is 1.78. The van der Waals surface area contributed by atoms with Gasteiger partial charge in [0.05, 0.1) is 16.1 Å². The second-order valence-electron chi connectivity index (χ2n) is 5.04. The Labute approximate surface area is 116 Å². The van der Waals surface area contributed by atoms with Crippen LogP contribution in [0.3, 0.4) is 0 Å². The third kappa shape index (κ3) is 3.99. The lowest BCUT2D eigenvalue weighted by molar-refractivity contribution is 0.0691. The summed E-state index contributed by atoms with van der Waals surface area (Å²) in [5.74, 6) is -2.52. The normalized spacial score (nSPS) is 12.4. The van der Waals surface area contributed by atoms with Gasteiger partial charge in [-0.1, -0.05) is 0 Å². The zero-order chi connectivity index (χ0) is 15.7. The molecule has 0 atom stereocenters. The minimum atomic E-state index is -4.03. The quantitative estimate of drug-likeness (QED) is 0.749. The van der Waals surface area contributed by atoms with E-state index in [0.717, 1.165) is 12.1 Å². The SMILES string of the molecule is Cc1cc(S(=O)(=O)NCC(C)(C)O)cc(C(=O)O)c1F. The van der Waals surface area contributed by atoms with Gasteiger partial charge in [0.2, 0.25) is 10.0 Å². The lowest BCUT2D eigenvalue weighted by Gasteiger charge is -2.18. The second-order valence-corrected chi connectivity index (χ2v) is 6.81. The summed E-state index contributed by atoms with van der Waals surface area (Å²) in [7, 11) is -4.03. The molecule has 1 aromatic carbocycles. The molecule has 0 aliphatic heterocycles. The van der Waals surface area contributed by atoms with E-state index in [2.05, 4.69) is 4.72 Å². The smallest absolute Gasteiger partial charge is 0.338 e. The molecular weight excluding hydrogens is 289 g/mol. The van der Waals surface area contributed by atoms with Gasteiger partial charge in [-0.05, 0) is 38.5 Å². The lowest BCUT2D eigenvalue weighted by Crippen LogP contribution is -2.38. The minimum Gasteiger partial charge on any atom is -0.478 e. The number of aliphatic hydroxyl groups is 1. The number of hydrogen-bond acceptors (Lipinski definition) is 4. The first-order chi connectivity index (χ1) is 8.94. The lowest BCUT2D eigenvalue weighted by atomic mass is 10.1. The Morgan fingerprint density at radius 2 is 1.95 bits per heavy atom. The van der Waals surface area contributed by atoms with Crippen molar-refractivity contribution in [2.24, 2.45) is 0 Å². The van der Waals surface area contributed by atoms with Crippen LogP contribution in [0.5, 0.6) is 0 Å². The van der Waals surface area contributed by atoms with E-state index in [4.69, 9.17) is 5.11 Å². The number of halogens is 1. The first kappa shape index (κ1) is 16.5. The van der Waals surface area contributed by atoms with Crippen LogP contribution in [-0.4, -0.2) is 36.7 Å². The van der Waals surface area contributed by atoms with Gasteiger partial charge >= 0.3 is 5.97 Å². The van der Waals surface area contributed by atoms with Gasteiger partial charge in [0, 0.05) is 6.54 Å². The van der Waals surface area contributed by atoms with Gasteiger partial charge in [0.1, 0.15) is 5.82 Å². The molecule has 0 bridgehead atoms. The van der Waals surface area contributed by atoms with Crippen molar-refractivity contribution in [3.05, 3.63) is 29.1 Å². The van der Waals surface area contributed by atoms with E-state index in [1.165, 1.54) is 20.8 Å². The number of carbonyl (C=O) groups is 1. The Hall–Kier alpha value is -1.51. The predicted octanol–water partition coefficient (Wildman–Crippen LogP) is 0.882. The molecule has 1 rings (SSSR count). The molecule has 0 amide bonds. The molecule has 112 valence electrons. The van der Waals surface area contributed by atoms with Gasteiger partial charge in [-0.15, -0.1) is 0 Å². The van der Waals surface area contributed by atoms with Gasteiger partial charge in [-0.25, -0.2) is 22.3 Å². The Morgan fingerprint density at radius 3 is 2.40 bits per heavy atom. The standard InChI is InChI=1S/C12H16FNO5S/c1-7-4-8(5-9(10(7)13)11(15)16)20(18,19)14-6-12(2,3)17/h4-5,14,17H,6H2,1-3H3,(H,15,16). The number of sulfonamides is 1. The molecule has 0 aromatic heterocycles. The molecule has 20 heavy (non-hydrogen) atoms. The number of hydrogen-bond donors (Lipinski definition) is 3. The van der Waals surface area contributed by atoms with Crippen LogP contribution in [0.2, 0.25) is 0 Å². The molecule has 0 radical (unpaired) electrons. The van der Waals surface area contributed by atoms with E-state index < -0.39 is 33.0 Å². The topological polar surface area (TPSA) is 104 Å². The number of benzene rings is 1. The van der Waals surface area contributed by atoms with Gasteiger partial charge in [0.15, 0.2) is 0 Å². The molecule has 1 aromatic rings. The van der Waals surface area contributed by atoms with Crippen molar-refractivity contribution in [3.8, 4) is 0 Å². The Balaban J connectivity index is 3.23. The maximum atomic E-state index is 13.6. The first-order valence-electron chi connectivity index (χ1n) is 5.69. The molecule has 0 saturated carbocycles. The molecule has 0 unspecified atom stereocenters. The fourth-order valence-electron chi connectivity index (χ4n) is 1.40. The molecule has 6 nitrogen and oxygen atoms in total. The average Bonchev–Trinajstić information content (AvgIpc) is 2.28. The Morgan fingerprint density at radius 1 is 1.40 bits per heavy atom. The molecule has 0 heterocycles. The van der Waals surface area contributed by atoms with Crippen LogP contribution < -0.4 is 4.72 Å². The number of carboxylic acid groups (broad SMARTS) is 1. The summed E-state index contributed by atoms with van der Waals surface area (Å²) in [6.07, 6.45) is 0. The summed E-state index contributed by atoms with van der Waals surface area (Å²) in [5.41, 5.74) is -2.07. The van der Waals surface area contributed by atoms with E-state index in [-0.39, 0.29) is 17.0 Å². The zero-order valence-electron chi connectivity index (χ0n) is 11.3. The fourth-order valence-corrected chi connectivity index (χ4v) is 2.72. The summed E-state index contributed by atoms with van der Waals surface area (Å²) < 4.78 is 39.7. The number of nitrogens with one attached hydrogen (secondary N) is 1. The van der Waals surface area contributed by atoms with E-state index in [1.54, 1.807) is 0 Å². The molecule has 0 spiro atoms. The van der Waals surface area contributed by atoms with Crippen LogP contribution in [0.15, 0.2) is 17.0 Å². The van der Waals surface area contributed by atoms with Gasteiger partial charge in [0.25, 0.3) is 0 Å². The Bertz CT molecular complexity index is 634. The molecule has 0 aliphatic carbocycles. The van der Waals surface area contributed by atoms with Gasteiger partial charge < -0.3 is 10.2 Å². The van der Waals surface area contributed by atoms with Gasteiger partial charge in [-0.3, -0.25) is 0 Å². The molecule has 3 N–H and O–H groups in total. The van der Waals surface area contributed by atoms with E-state index in [1.807, 2.05) is 0 Å². The average molecular weight is 305 g/mol. The van der Waals surface area contributed by atoms with Crippen LogP contribution in [-0.2, 0) is 10.0 Å². The van der Waals surface area contributed by atoms with Crippen LogP contribution in [0.25, 0.3) is 0 Å². The molecule has 8 heteroatoms. The molecule has 0 fully saturated rings. The predicted molar refractivity (Wildman–Crippen MR) is 69.6 cm³/mol. The van der Waals surface area contributed by atoms with Crippen molar-refractivity contribution in [2.45, 2.75) is 31.3 Å². The highest BCUT2D eigenvalue weighted by Gasteiger charge is 2.23. The van der Waals surface area contributed by atoms with Crippen molar-refractivity contribution >= 4 is 16.0 Å². The maximum Gasteiger partial charge on any atom is 0.338 e. The highest BCUT2D eigenvalue weighted by atomic mass is 32.2. The maximum absolute atomic E-state index is 13.6. The van der Waals surface area contributed by atoms with Crippen molar-refractivity contribution in [3.63, 3.8) is 0 Å². The van der Waals surface area contributed by atoms with Gasteiger partial charge in [-0.2, -0.15) is 0 Å². The monoisotopic (exact) mass is 305 g/mol. The molecular formula is C12H16FNO5S. The first-order valence-corrected chi connectivity index (χ1v) is 7.18. The fraction of sp³-hybridized carbons (Fsp3) is 0.417. The van der Waals surface area contributed by atoms with Crippen LogP contribution in [0.4, 0.5) is 4.39 Å². The number of aromatic carboxylic acids is 1. The van der Waals surface area contributed by atoms with E-state index in [9.17, 15) is 22.7 Å². The van der Waals surface area contributed by atoms with Crippen molar-refractivity contribution in [1.29, 1.82) is 0 Å². The molecule has 0 aliphatic rings. The molecule has 0 saturated heterocycles. The second kappa shape index (κ2) is 5.47. The third-order valence-corrected chi connectivity index (χ3v) is 3.84. The van der Waals surface area contributed by atoms with E-state index in [0.29, 0.717) is 0 Å². The van der Waals surface area contributed by atoms with Crippen LogP contribution in [0, 0.1) is 12.7 Å². The Kier molecular flexibility index (Phi) is 4.52. The summed E-state index contributed by atoms with van der Waals surface area (Å²) >= 11 is 0. The zero-order valence-corrected chi connectivity index (χ0v) is 12.1. The van der Waals surface area contributed by atoms with Crippen molar-refractivity contribution in [2.75, 3.05) is 6.54 Å². The van der Waals surface area contributed by atoms with Crippen molar-refractivity contribution < 1.29 is 27.8 Å².